The fourth-order valence-corrected chi connectivity index (χ4v) is 3.05. The van der Waals surface area contributed by atoms with Gasteiger partial charge in [0, 0.05) is 8.95 Å². The first-order valence-electron chi connectivity index (χ1n) is 5.03. The summed E-state index contributed by atoms with van der Waals surface area (Å²) in [5.41, 5.74) is 1.65. The molecule has 2 aromatic carbocycles. The van der Waals surface area contributed by atoms with E-state index in [1.165, 1.54) is 6.07 Å². The van der Waals surface area contributed by atoms with E-state index < -0.39 is 11.2 Å². The van der Waals surface area contributed by atoms with Gasteiger partial charge in [-0.1, -0.05) is 49.5 Å². The van der Waals surface area contributed by atoms with Gasteiger partial charge in [0.15, 0.2) is 0 Å². The molecule has 0 N–H and O–H groups in total. The Morgan fingerprint density at radius 3 is 2.44 bits per heavy atom. The molecule has 0 bridgehead atoms. The number of hydrogen-bond acceptors (Lipinski definition) is 0. The van der Waals surface area contributed by atoms with Crippen LogP contribution in [-0.4, -0.2) is 0 Å². The van der Waals surface area contributed by atoms with Crippen molar-refractivity contribution in [2.45, 2.75) is 5.38 Å². The summed E-state index contributed by atoms with van der Waals surface area (Å²) in [6.07, 6.45) is 0. The first-order valence-corrected chi connectivity index (χ1v) is 7.43. The Balaban J connectivity index is 2.44. The molecule has 94 valence electrons. The van der Waals surface area contributed by atoms with Gasteiger partial charge in [-0.15, -0.1) is 11.6 Å². The van der Waals surface area contributed by atoms with Gasteiger partial charge in [0.05, 0.1) is 10.4 Å². The standard InChI is InChI=1S/C13H7Br2Cl2F/c14-8-2-3-10(15)9(6-8)13(17)7-1-4-12(18)11(16)5-7/h1-6,13H. The Morgan fingerprint density at radius 2 is 1.78 bits per heavy atom. The van der Waals surface area contributed by atoms with Gasteiger partial charge in [-0.2, -0.15) is 0 Å². The first kappa shape index (κ1) is 14.3. The molecule has 0 spiro atoms. The van der Waals surface area contributed by atoms with E-state index in [0.717, 1.165) is 20.1 Å². The molecule has 0 nitrogen and oxygen atoms in total. The lowest BCUT2D eigenvalue weighted by atomic mass is 10.0. The zero-order valence-electron chi connectivity index (χ0n) is 8.93. The van der Waals surface area contributed by atoms with Crippen molar-refractivity contribution in [2.24, 2.45) is 0 Å². The first-order chi connectivity index (χ1) is 8.49. The summed E-state index contributed by atoms with van der Waals surface area (Å²) in [5, 5.41) is -0.320. The maximum atomic E-state index is 13.1. The van der Waals surface area contributed by atoms with Crippen LogP contribution < -0.4 is 0 Å². The van der Waals surface area contributed by atoms with Crippen LogP contribution in [0.4, 0.5) is 4.39 Å². The second-order valence-corrected chi connectivity index (χ2v) is 6.32. The quantitative estimate of drug-likeness (QED) is 0.505. The number of benzene rings is 2. The van der Waals surface area contributed by atoms with Gasteiger partial charge in [-0.05, 0) is 41.5 Å². The molecular weight excluding hydrogens is 406 g/mol. The lowest BCUT2D eigenvalue weighted by molar-refractivity contribution is 0.627. The Kier molecular flexibility index (Phi) is 4.70. The van der Waals surface area contributed by atoms with Gasteiger partial charge >= 0.3 is 0 Å². The summed E-state index contributed by atoms with van der Waals surface area (Å²) < 4.78 is 14.9. The van der Waals surface area contributed by atoms with Crippen LogP contribution in [0.3, 0.4) is 0 Å². The van der Waals surface area contributed by atoms with Gasteiger partial charge in [0.25, 0.3) is 0 Å². The lowest BCUT2D eigenvalue weighted by Crippen LogP contribution is -1.95. The van der Waals surface area contributed by atoms with Crippen molar-refractivity contribution in [1.82, 2.24) is 0 Å². The molecule has 0 aliphatic rings. The maximum Gasteiger partial charge on any atom is 0.141 e. The highest BCUT2D eigenvalue weighted by Crippen LogP contribution is 2.36. The number of hydrogen-bond donors (Lipinski definition) is 0. The zero-order valence-corrected chi connectivity index (χ0v) is 13.6. The van der Waals surface area contributed by atoms with Gasteiger partial charge < -0.3 is 0 Å². The highest BCUT2D eigenvalue weighted by atomic mass is 79.9. The minimum absolute atomic E-state index is 0.0734. The van der Waals surface area contributed by atoms with Gasteiger partial charge in [0.1, 0.15) is 5.82 Å². The summed E-state index contributed by atoms with van der Waals surface area (Å²) in [7, 11) is 0. The van der Waals surface area contributed by atoms with Crippen LogP contribution in [-0.2, 0) is 0 Å². The molecule has 1 unspecified atom stereocenters. The van der Waals surface area contributed by atoms with E-state index in [1.807, 2.05) is 18.2 Å². The number of halogens is 5. The molecule has 1 atom stereocenters. The van der Waals surface area contributed by atoms with E-state index in [0.29, 0.717) is 0 Å². The van der Waals surface area contributed by atoms with Gasteiger partial charge in [0.2, 0.25) is 0 Å². The smallest absolute Gasteiger partial charge is 0.141 e. The molecule has 0 saturated heterocycles. The predicted molar refractivity (Wildman–Crippen MR) is 80.9 cm³/mol. The maximum absolute atomic E-state index is 13.1. The van der Waals surface area contributed by atoms with Crippen LogP contribution >= 0.6 is 55.1 Å². The highest BCUT2D eigenvalue weighted by molar-refractivity contribution is 9.11. The SMILES string of the molecule is Fc1ccc(C(Cl)c2cc(Br)ccc2Br)cc1Cl. The number of rotatable bonds is 2. The molecule has 2 aromatic rings. The summed E-state index contributed by atoms with van der Waals surface area (Å²) in [5.74, 6) is -0.447. The van der Waals surface area contributed by atoms with Crippen LogP contribution in [0, 0.1) is 5.82 Å². The van der Waals surface area contributed by atoms with E-state index >= 15 is 0 Å². The minimum atomic E-state index is -0.447. The molecule has 18 heavy (non-hydrogen) atoms. The Bertz CT molecular complexity index is 587. The van der Waals surface area contributed by atoms with Crippen molar-refractivity contribution in [3.63, 3.8) is 0 Å². The van der Waals surface area contributed by atoms with Gasteiger partial charge in [-0.25, -0.2) is 4.39 Å². The fraction of sp³-hybridized carbons (Fsp3) is 0.0769. The average molecular weight is 413 g/mol. The third kappa shape index (κ3) is 3.08. The van der Waals surface area contributed by atoms with Crippen LogP contribution in [0.25, 0.3) is 0 Å². The van der Waals surface area contributed by atoms with Crippen LogP contribution in [0.5, 0.6) is 0 Å². The van der Waals surface area contributed by atoms with Crippen LogP contribution in [0.15, 0.2) is 45.3 Å². The molecule has 0 aliphatic carbocycles. The Morgan fingerprint density at radius 1 is 1.06 bits per heavy atom. The van der Waals surface area contributed by atoms with E-state index in [9.17, 15) is 4.39 Å². The van der Waals surface area contributed by atoms with Crippen molar-refractivity contribution in [3.05, 3.63) is 67.3 Å². The van der Waals surface area contributed by atoms with E-state index in [4.69, 9.17) is 23.2 Å². The summed E-state index contributed by atoms with van der Waals surface area (Å²) >= 11 is 19.0. The summed E-state index contributed by atoms with van der Waals surface area (Å²) in [6, 6.07) is 10.2. The van der Waals surface area contributed by atoms with Crippen LogP contribution in [0.2, 0.25) is 5.02 Å². The molecule has 0 radical (unpaired) electrons. The third-order valence-electron chi connectivity index (χ3n) is 2.47. The molecule has 0 aliphatic heterocycles. The number of alkyl halides is 1. The molecule has 2 rings (SSSR count). The monoisotopic (exact) mass is 410 g/mol. The van der Waals surface area contributed by atoms with Crippen LogP contribution in [0.1, 0.15) is 16.5 Å². The lowest BCUT2D eigenvalue weighted by Gasteiger charge is -2.13. The summed E-state index contributed by atoms with van der Waals surface area (Å²) in [4.78, 5) is 0. The molecule has 0 fully saturated rings. The zero-order chi connectivity index (χ0) is 13.3. The van der Waals surface area contributed by atoms with Crippen molar-refractivity contribution >= 4 is 55.1 Å². The van der Waals surface area contributed by atoms with Crippen molar-refractivity contribution in [2.75, 3.05) is 0 Å². The highest BCUT2D eigenvalue weighted by Gasteiger charge is 2.15. The minimum Gasteiger partial charge on any atom is -0.205 e. The van der Waals surface area contributed by atoms with E-state index in [2.05, 4.69) is 31.9 Å². The summed E-state index contributed by atoms with van der Waals surface area (Å²) in [6.45, 7) is 0. The van der Waals surface area contributed by atoms with Crippen molar-refractivity contribution in [3.8, 4) is 0 Å². The normalized spacial score (nSPS) is 12.5. The predicted octanol–water partition coefficient (Wildman–Crippen LogP) is 6.33. The van der Waals surface area contributed by atoms with Crippen molar-refractivity contribution in [1.29, 1.82) is 0 Å². The fourth-order valence-electron chi connectivity index (χ4n) is 1.56. The molecule has 5 heteroatoms. The van der Waals surface area contributed by atoms with Crippen molar-refractivity contribution < 1.29 is 4.39 Å². The third-order valence-corrected chi connectivity index (χ3v) is 4.46. The molecular formula is C13H7Br2Cl2F. The molecule has 0 aromatic heterocycles. The Labute approximate surface area is 131 Å². The average Bonchev–Trinajstić information content (AvgIpc) is 2.35. The van der Waals surface area contributed by atoms with Gasteiger partial charge in [-0.3, -0.25) is 0 Å². The Hall–Kier alpha value is -0.0900. The second kappa shape index (κ2) is 5.91. The molecule has 0 amide bonds. The molecule has 0 heterocycles. The molecule has 0 saturated carbocycles. The van der Waals surface area contributed by atoms with E-state index in [1.54, 1.807) is 12.1 Å². The second-order valence-electron chi connectivity index (χ2n) is 3.70. The largest absolute Gasteiger partial charge is 0.205 e. The topological polar surface area (TPSA) is 0 Å². The van der Waals surface area contributed by atoms with E-state index in [-0.39, 0.29) is 5.02 Å².